The minimum absolute atomic E-state index is 0.00188. The van der Waals surface area contributed by atoms with Crippen LogP contribution in [0.3, 0.4) is 0 Å². The van der Waals surface area contributed by atoms with Crippen molar-refractivity contribution in [2.24, 2.45) is 5.92 Å². The second-order valence-corrected chi connectivity index (χ2v) is 9.26. The van der Waals surface area contributed by atoms with Crippen molar-refractivity contribution in [1.29, 1.82) is 0 Å². The summed E-state index contributed by atoms with van der Waals surface area (Å²) in [5.41, 5.74) is 2.64. The van der Waals surface area contributed by atoms with Crippen LogP contribution in [0.15, 0.2) is 60.7 Å². The Morgan fingerprint density at radius 2 is 1.69 bits per heavy atom. The number of amides is 2. The van der Waals surface area contributed by atoms with Gasteiger partial charge in [-0.3, -0.25) is 14.5 Å². The number of nitrogens with zero attached hydrogens (tertiary/aromatic N) is 3. The SMILES string of the molecule is COc1ccccc1NC(=O)C1CCN(CC(=O)Nc2cc(C3CC3)nn2-c2ccccc2)CC1. The van der Waals surface area contributed by atoms with E-state index < -0.39 is 0 Å². The third kappa shape index (κ3) is 5.54. The number of nitrogens with one attached hydrogen (secondary N) is 2. The van der Waals surface area contributed by atoms with Crippen molar-refractivity contribution in [2.75, 3.05) is 37.4 Å². The number of aromatic nitrogens is 2. The molecule has 1 saturated carbocycles. The molecular weight excluding hydrogens is 442 g/mol. The van der Waals surface area contributed by atoms with Crippen molar-refractivity contribution >= 4 is 23.3 Å². The Hall–Kier alpha value is -3.65. The number of benzene rings is 2. The lowest BCUT2D eigenvalue weighted by atomic mass is 9.95. The van der Waals surface area contributed by atoms with Gasteiger partial charge < -0.3 is 15.4 Å². The van der Waals surface area contributed by atoms with Crippen molar-refractivity contribution in [2.45, 2.75) is 31.6 Å². The maximum Gasteiger partial charge on any atom is 0.239 e. The molecule has 0 bridgehead atoms. The highest BCUT2D eigenvalue weighted by atomic mass is 16.5. The highest BCUT2D eigenvalue weighted by Gasteiger charge is 2.29. The van der Waals surface area contributed by atoms with E-state index in [4.69, 9.17) is 9.84 Å². The summed E-state index contributed by atoms with van der Waals surface area (Å²) in [5.74, 6) is 1.69. The smallest absolute Gasteiger partial charge is 0.239 e. The minimum Gasteiger partial charge on any atom is -0.495 e. The van der Waals surface area contributed by atoms with E-state index in [1.165, 1.54) is 0 Å². The zero-order chi connectivity index (χ0) is 24.2. The molecule has 5 rings (SSSR count). The molecule has 35 heavy (non-hydrogen) atoms. The first-order valence-electron chi connectivity index (χ1n) is 12.2. The first-order valence-corrected chi connectivity index (χ1v) is 12.2. The zero-order valence-corrected chi connectivity index (χ0v) is 19.9. The molecule has 0 atom stereocenters. The van der Waals surface area contributed by atoms with Crippen LogP contribution < -0.4 is 15.4 Å². The van der Waals surface area contributed by atoms with Gasteiger partial charge in [-0.2, -0.15) is 5.10 Å². The molecule has 2 N–H and O–H groups in total. The van der Waals surface area contributed by atoms with Crippen molar-refractivity contribution in [3.63, 3.8) is 0 Å². The molecule has 2 aliphatic rings. The lowest BCUT2D eigenvalue weighted by Gasteiger charge is -2.30. The maximum absolute atomic E-state index is 12.9. The van der Waals surface area contributed by atoms with E-state index >= 15 is 0 Å². The highest BCUT2D eigenvalue weighted by Crippen LogP contribution is 2.40. The monoisotopic (exact) mass is 473 g/mol. The Morgan fingerprint density at radius 1 is 0.971 bits per heavy atom. The van der Waals surface area contributed by atoms with Gasteiger partial charge in [-0.25, -0.2) is 4.68 Å². The van der Waals surface area contributed by atoms with E-state index in [1.807, 2.05) is 65.3 Å². The first-order chi connectivity index (χ1) is 17.1. The summed E-state index contributed by atoms with van der Waals surface area (Å²) in [7, 11) is 1.59. The van der Waals surface area contributed by atoms with Gasteiger partial charge in [-0.1, -0.05) is 30.3 Å². The number of hydrogen-bond acceptors (Lipinski definition) is 5. The number of ether oxygens (including phenoxy) is 1. The maximum atomic E-state index is 12.9. The normalized spacial score (nSPS) is 16.6. The molecule has 2 heterocycles. The Morgan fingerprint density at radius 3 is 2.40 bits per heavy atom. The fourth-order valence-corrected chi connectivity index (χ4v) is 4.55. The number of methoxy groups -OCH3 is 1. The van der Waals surface area contributed by atoms with Gasteiger partial charge in [-0.15, -0.1) is 0 Å². The third-order valence-corrected chi connectivity index (χ3v) is 6.68. The molecular formula is C27H31N5O3. The molecule has 0 unspecified atom stereocenters. The van der Waals surface area contributed by atoms with Crippen LogP contribution in [0.1, 0.15) is 37.3 Å². The molecule has 1 saturated heterocycles. The number of likely N-dealkylation sites (tertiary alicyclic amines) is 1. The number of para-hydroxylation sites is 3. The summed E-state index contributed by atoms with van der Waals surface area (Å²) in [6.45, 7) is 1.69. The minimum atomic E-state index is -0.0835. The van der Waals surface area contributed by atoms with E-state index in [0.717, 1.165) is 24.2 Å². The Labute approximate surface area is 205 Å². The lowest BCUT2D eigenvalue weighted by Crippen LogP contribution is -2.42. The van der Waals surface area contributed by atoms with Gasteiger partial charge in [0, 0.05) is 17.9 Å². The summed E-state index contributed by atoms with van der Waals surface area (Å²) in [4.78, 5) is 27.8. The molecule has 0 spiro atoms. The largest absolute Gasteiger partial charge is 0.495 e. The van der Waals surface area contributed by atoms with E-state index in [0.29, 0.717) is 55.6 Å². The molecule has 1 aromatic heterocycles. The highest BCUT2D eigenvalue weighted by molar-refractivity contribution is 5.94. The fraction of sp³-hybridized carbons (Fsp3) is 0.370. The third-order valence-electron chi connectivity index (χ3n) is 6.68. The average Bonchev–Trinajstić information content (AvgIpc) is 3.65. The van der Waals surface area contributed by atoms with Gasteiger partial charge in [0.15, 0.2) is 0 Å². The van der Waals surface area contributed by atoms with E-state index in [-0.39, 0.29) is 17.7 Å². The quantitative estimate of drug-likeness (QED) is 0.515. The fourth-order valence-electron chi connectivity index (χ4n) is 4.55. The molecule has 2 fully saturated rings. The lowest BCUT2D eigenvalue weighted by molar-refractivity contribution is -0.121. The van der Waals surface area contributed by atoms with Crippen molar-refractivity contribution in [1.82, 2.24) is 14.7 Å². The standard InChI is InChI=1S/C27H31N5O3/c1-35-24-10-6-5-9-22(24)28-27(34)20-13-15-31(16-14-20)18-26(33)29-25-17-23(19-11-12-19)30-32(25)21-7-3-2-4-8-21/h2-10,17,19-20H,11-16,18H2,1H3,(H,28,34)(H,29,33). The summed E-state index contributed by atoms with van der Waals surface area (Å²) in [5, 5.41) is 10.8. The van der Waals surface area contributed by atoms with Gasteiger partial charge in [0.1, 0.15) is 11.6 Å². The number of anilines is 2. The van der Waals surface area contributed by atoms with Crippen LogP contribution in [-0.2, 0) is 9.59 Å². The predicted octanol–water partition coefficient (Wildman–Crippen LogP) is 4.05. The molecule has 182 valence electrons. The van der Waals surface area contributed by atoms with Gasteiger partial charge in [-0.05, 0) is 63.0 Å². The van der Waals surface area contributed by atoms with Crippen LogP contribution in [0.25, 0.3) is 5.69 Å². The Bertz CT molecular complexity index is 1180. The summed E-state index contributed by atoms with van der Waals surface area (Å²) >= 11 is 0. The van der Waals surface area contributed by atoms with Crippen LogP contribution in [0.2, 0.25) is 0 Å². The number of rotatable bonds is 8. The number of carbonyl (C=O) groups excluding carboxylic acids is 2. The van der Waals surface area contributed by atoms with E-state index in [9.17, 15) is 9.59 Å². The summed E-state index contributed by atoms with van der Waals surface area (Å²) < 4.78 is 7.14. The number of piperidine rings is 1. The molecule has 3 aromatic rings. The second kappa shape index (κ2) is 10.3. The number of carbonyl (C=O) groups is 2. The first kappa shape index (κ1) is 23.1. The van der Waals surface area contributed by atoms with Gasteiger partial charge in [0.05, 0.1) is 30.7 Å². The van der Waals surface area contributed by atoms with Crippen molar-refractivity contribution < 1.29 is 14.3 Å². The van der Waals surface area contributed by atoms with Crippen LogP contribution in [0.5, 0.6) is 5.75 Å². The molecule has 8 nitrogen and oxygen atoms in total. The average molecular weight is 474 g/mol. The second-order valence-electron chi connectivity index (χ2n) is 9.26. The zero-order valence-electron chi connectivity index (χ0n) is 19.9. The van der Waals surface area contributed by atoms with Gasteiger partial charge in [0.2, 0.25) is 11.8 Å². The number of hydrogen-bond donors (Lipinski definition) is 2. The van der Waals surface area contributed by atoms with Crippen molar-refractivity contribution in [3.8, 4) is 11.4 Å². The van der Waals surface area contributed by atoms with Crippen LogP contribution in [0.4, 0.5) is 11.5 Å². The predicted molar refractivity (Wildman–Crippen MR) is 135 cm³/mol. The Kier molecular flexibility index (Phi) is 6.81. The summed E-state index contributed by atoms with van der Waals surface area (Å²) in [6.07, 6.45) is 3.72. The molecule has 8 heteroatoms. The summed E-state index contributed by atoms with van der Waals surface area (Å²) in [6, 6.07) is 19.3. The van der Waals surface area contributed by atoms with Crippen LogP contribution in [-0.4, -0.2) is 53.2 Å². The van der Waals surface area contributed by atoms with Crippen LogP contribution >= 0.6 is 0 Å². The molecule has 0 radical (unpaired) electrons. The Balaban J connectivity index is 1.15. The van der Waals surface area contributed by atoms with E-state index in [2.05, 4.69) is 15.5 Å². The van der Waals surface area contributed by atoms with E-state index in [1.54, 1.807) is 7.11 Å². The van der Waals surface area contributed by atoms with Crippen LogP contribution in [0, 0.1) is 5.92 Å². The van der Waals surface area contributed by atoms with Gasteiger partial charge >= 0.3 is 0 Å². The van der Waals surface area contributed by atoms with Gasteiger partial charge in [0.25, 0.3) is 0 Å². The molecule has 1 aliphatic heterocycles. The van der Waals surface area contributed by atoms with Crippen molar-refractivity contribution in [3.05, 3.63) is 66.4 Å². The molecule has 2 amide bonds. The molecule has 1 aliphatic carbocycles. The molecule has 2 aromatic carbocycles. The topological polar surface area (TPSA) is 88.5 Å².